The summed E-state index contributed by atoms with van der Waals surface area (Å²) in [7, 11) is 1.80. The molecule has 1 heterocycles. The molecule has 0 spiro atoms. The predicted octanol–water partition coefficient (Wildman–Crippen LogP) is 2.10. The molecule has 2 atom stereocenters. The van der Waals surface area contributed by atoms with Crippen molar-refractivity contribution in [3.05, 3.63) is 35.6 Å². The lowest BCUT2D eigenvalue weighted by molar-refractivity contribution is -0.133. The van der Waals surface area contributed by atoms with E-state index in [0.29, 0.717) is 0 Å². The maximum Gasteiger partial charge on any atom is 0.239 e. The Hall–Kier alpha value is -1.42. The van der Waals surface area contributed by atoms with E-state index in [1.807, 2.05) is 6.92 Å². The third kappa shape index (κ3) is 2.70. The van der Waals surface area contributed by atoms with Gasteiger partial charge in [-0.1, -0.05) is 12.1 Å². The molecule has 1 amide bonds. The van der Waals surface area contributed by atoms with Crippen molar-refractivity contribution < 1.29 is 9.18 Å². The van der Waals surface area contributed by atoms with E-state index in [-0.39, 0.29) is 23.8 Å². The maximum atomic E-state index is 12.9. The van der Waals surface area contributed by atoms with Gasteiger partial charge in [-0.2, -0.15) is 0 Å². The Labute approximate surface area is 107 Å². The van der Waals surface area contributed by atoms with Crippen LogP contribution in [0.4, 0.5) is 4.39 Å². The van der Waals surface area contributed by atoms with Gasteiger partial charge in [-0.3, -0.25) is 4.79 Å². The van der Waals surface area contributed by atoms with Crippen LogP contribution in [0, 0.1) is 5.82 Å². The summed E-state index contributed by atoms with van der Waals surface area (Å²) >= 11 is 0. The molecule has 0 bridgehead atoms. The molecule has 4 heteroatoms. The first-order chi connectivity index (χ1) is 8.59. The van der Waals surface area contributed by atoms with E-state index in [4.69, 9.17) is 0 Å². The normalized spacial score (nSPS) is 20.7. The summed E-state index contributed by atoms with van der Waals surface area (Å²) < 4.78 is 12.9. The van der Waals surface area contributed by atoms with E-state index >= 15 is 0 Å². The molecule has 1 aliphatic rings. The van der Waals surface area contributed by atoms with Crippen molar-refractivity contribution in [2.75, 3.05) is 13.6 Å². The Kier molecular flexibility index (Phi) is 3.97. The SMILES string of the molecule is CC(c1ccc(F)cc1)N(C)C(=O)[C@H]1CCCN1. The Bertz CT molecular complexity index is 412. The van der Waals surface area contributed by atoms with E-state index in [1.54, 1.807) is 24.1 Å². The van der Waals surface area contributed by atoms with Crippen molar-refractivity contribution in [1.82, 2.24) is 10.2 Å². The zero-order chi connectivity index (χ0) is 13.1. The number of nitrogens with zero attached hydrogens (tertiary/aromatic N) is 1. The van der Waals surface area contributed by atoms with Crippen molar-refractivity contribution >= 4 is 5.91 Å². The first-order valence-electron chi connectivity index (χ1n) is 6.35. The predicted molar refractivity (Wildman–Crippen MR) is 68.6 cm³/mol. The number of nitrogens with one attached hydrogen (secondary N) is 1. The molecule has 1 N–H and O–H groups in total. The molecular formula is C14H19FN2O. The molecule has 0 aromatic heterocycles. The summed E-state index contributed by atoms with van der Waals surface area (Å²) in [6.07, 6.45) is 1.95. The quantitative estimate of drug-likeness (QED) is 0.891. The lowest BCUT2D eigenvalue weighted by Crippen LogP contribution is -2.42. The molecule has 0 aliphatic carbocycles. The van der Waals surface area contributed by atoms with Crippen LogP contribution in [0.3, 0.4) is 0 Å². The molecule has 1 fully saturated rings. The first kappa shape index (κ1) is 13.0. The fourth-order valence-corrected chi connectivity index (χ4v) is 2.30. The second-order valence-corrected chi connectivity index (χ2v) is 4.83. The van der Waals surface area contributed by atoms with Crippen molar-refractivity contribution in [1.29, 1.82) is 0 Å². The molecule has 1 aromatic carbocycles. The second-order valence-electron chi connectivity index (χ2n) is 4.83. The minimum Gasteiger partial charge on any atom is -0.338 e. The molecule has 1 saturated heterocycles. The molecule has 0 radical (unpaired) electrons. The topological polar surface area (TPSA) is 32.3 Å². The van der Waals surface area contributed by atoms with E-state index < -0.39 is 0 Å². The van der Waals surface area contributed by atoms with E-state index in [2.05, 4.69) is 5.32 Å². The Morgan fingerprint density at radius 1 is 1.44 bits per heavy atom. The molecule has 98 valence electrons. The fraction of sp³-hybridized carbons (Fsp3) is 0.500. The van der Waals surface area contributed by atoms with Crippen LogP contribution >= 0.6 is 0 Å². The van der Waals surface area contributed by atoms with Gasteiger partial charge in [-0.25, -0.2) is 4.39 Å². The van der Waals surface area contributed by atoms with Crippen molar-refractivity contribution in [3.63, 3.8) is 0 Å². The molecule has 1 unspecified atom stereocenters. The van der Waals surface area contributed by atoms with Crippen LogP contribution in [0.1, 0.15) is 31.4 Å². The summed E-state index contributed by atoms with van der Waals surface area (Å²) in [4.78, 5) is 13.9. The van der Waals surface area contributed by atoms with Crippen LogP contribution in [0.5, 0.6) is 0 Å². The number of amides is 1. The van der Waals surface area contributed by atoms with Crippen molar-refractivity contribution in [2.45, 2.75) is 31.8 Å². The highest BCUT2D eigenvalue weighted by Gasteiger charge is 2.27. The molecule has 1 aliphatic heterocycles. The van der Waals surface area contributed by atoms with Crippen LogP contribution in [-0.4, -0.2) is 30.4 Å². The smallest absolute Gasteiger partial charge is 0.239 e. The van der Waals surface area contributed by atoms with Gasteiger partial charge in [-0.15, -0.1) is 0 Å². The van der Waals surface area contributed by atoms with Gasteiger partial charge in [0.2, 0.25) is 5.91 Å². The van der Waals surface area contributed by atoms with Gasteiger partial charge < -0.3 is 10.2 Å². The molecule has 0 saturated carbocycles. The van der Waals surface area contributed by atoms with Gasteiger partial charge in [0.05, 0.1) is 12.1 Å². The number of likely N-dealkylation sites (N-methyl/N-ethyl adjacent to an activating group) is 1. The Morgan fingerprint density at radius 3 is 2.67 bits per heavy atom. The lowest BCUT2D eigenvalue weighted by Gasteiger charge is -2.28. The van der Waals surface area contributed by atoms with Crippen LogP contribution in [0.25, 0.3) is 0 Å². The summed E-state index contributed by atoms with van der Waals surface area (Å²) in [5.41, 5.74) is 0.949. The van der Waals surface area contributed by atoms with Crippen molar-refractivity contribution in [3.8, 4) is 0 Å². The van der Waals surface area contributed by atoms with Gasteiger partial charge in [0, 0.05) is 7.05 Å². The first-order valence-corrected chi connectivity index (χ1v) is 6.35. The number of rotatable bonds is 3. The third-order valence-corrected chi connectivity index (χ3v) is 3.64. The van der Waals surface area contributed by atoms with E-state index in [1.165, 1.54) is 12.1 Å². The molecular weight excluding hydrogens is 231 g/mol. The number of hydrogen-bond acceptors (Lipinski definition) is 2. The number of benzene rings is 1. The van der Waals surface area contributed by atoms with Gasteiger partial charge >= 0.3 is 0 Å². The van der Waals surface area contributed by atoms with Crippen LogP contribution < -0.4 is 5.32 Å². The maximum absolute atomic E-state index is 12.9. The Morgan fingerprint density at radius 2 is 2.11 bits per heavy atom. The molecule has 18 heavy (non-hydrogen) atoms. The van der Waals surface area contributed by atoms with Crippen LogP contribution in [0.15, 0.2) is 24.3 Å². The van der Waals surface area contributed by atoms with Gasteiger partial charge in [0.1, 0.15) is 5.82 Å². The highest BCUT2D eigenvalue weighted by atomic mass is 19.1. The van der Waals surface area contributed by atoms with Crippen LogP contribution in [-0.2, 0) is 4.79 Å². The summed E-state index contributed by atoms with van der Waals surface area (Å²) in [6, 6.07) is 6.21. The lowest BCUT2D eigenvalue weighted by atomic mass is 10.1. The number of carbonyl (C=O) groups excluding carboxylic acids is 1. The highest BCUT2D eigenvalue weighted by molar-refractivity contribution is 5.82. The average Bonchev–Trinajstić information content (AvgIpc) is 2.91. The van der Waals surface area contributed by atoms with Gasteiger partial charge in [-0.05, 0) is 44.0 Å². The summed E-state index contributed by atoms with van der Waals surface area (Å²) in [5.74, 6) is -0.137. The monoisotopic (exact) mass is 250 g/mol. The zero-order valence-electron chi connectivity index (χ0n) is 10.8. The number of hydrogen-bond donors (Lipinski definition) is 1. The third-order valence-electron chi connectivity index (χ3n) is 3.64. The molecule has 2 rings (SSSR count). The summed E-state index contributed by atoms with van der Waals surface area (Å²) in [6.45, 7) is 2.87. The minimum atomic E-state index is -0.252. The molecule has 3 nitrogen and oxygen atoms in total. The van der Waals surface area contributed by atoms with Crippen molar-refractivity contribution in [2.24, 2.45) is 0 Å². The fourth-order valence-electron chi connectivity index (χ4n) is 2.30. The van der Waals surface area contributed by atoms with Gasteiger partial charge in [0.15, 0.2) is 0 Å². The number of halogens is 1. The zero-order valence-corrected chi connectivity index (χ0v) is 10.8. The standard InChI is InChI=1S/C14H19FN2O/c1-10(11-5-7-12(15)8-6-11)17(2)14(18)13-4-3-9-16-13/h5-8,10,13,16H,3-4,9H2,1-2H3/t10?,13-/m1/s1. The Balaban J connectivity index is 2.05. The highest BCUT2D eigenvalue weighted by Crippen LogP contribution is 2.21. The summed E-state index contributed by atoms with van der Waals surface area (Å²) in [5, 5.41) is 3.20. The molecule has 1 aromatic rings. The minimum absolute atomic E-state index is 0.0412. The van der Waals surface area contributed by atoms with Crippen LogP contribution in [0.2, 0.25) is 0 Å². The largest absolute Gasteiger partial charge is 0.338 e. The van der Waals surface area contributed by atoms with E-state index in [9.17, 15) is 9.18 Å². The van der Waals surface area contributed by atoms with E-state index in [0.717, 1.165) is 24.9 Å². The van der Waals surface area contributed by atoms with Gasteiger partial charge in [0.25, 0.3) is 0 Å². The second kappa shape index (κ2) is 5.48. The average molecular weight is 250 g/mol. The number of carbonyl (C=O) groups is 1.